The predicted molar refractivity (Wildman–Crippen MR) is 109 cm³/mol. The van der Waals surface area contributed by atoms with Crippen molar-refractivity contribution in [1.29, 1.82) is 0 Å². The van der Waals surface area contributed by atoms with Crippen LogP contribution < -0.4 is 10.2 Å². The molecule has 0 fully saturated rings. The largest absolute Gasteiger partial charge is 0.489 e. The number of hydrogen-bond donors (Lipinski definition) is 2. The topological polar surface area (TPSA) is 92.5 Å². The maximum Gasteiger partial charge on any atom is 0.291 e. The fourth-order valence-corrected chi connectivity index (χ4v) is 2.64. The summed E-state index contributed by atoms with van der Waals surface area (Å²) in [6.07, 6.45) is 3.10. The van der Waals surface area contributed by atoms with E-state index in [0.29, 0.717) is 18.1 Å². The summed E-state index contributed by atoms with van der Waals surface area (Å²) in [5.41, 5.74) is 5.18. The molecule has 0 aliphatic carbocycles. The van der Waals surface area contributed by atoms with E-state index in [4.69, 9.17) is 9.15 Å². The Labute approximate surface area is 167 Å². The first-order valence-electron chi connectivity index (χ1n) is 8.97. The minimum Gasteiger partial charge on any atom is -0.489 e. The van der Waals surface area contributed by atoms with Gasteiger partial charge >= 0.3 is 0 Å². The number of benzene rings is 2. The molecular formula is C22H18N4O3. The van der Waals surface area contributed by atoms with Gasteiger partial charge in [-0.1, -0.05) is 42.5 Å². The van der Waals surface area contributed by atoms with Gasteiger partial charge in [-0.25, -0.2) is 5.43 Å². The Kier molecular flexibility index (Phi) is 5.48. The van der Waals surface area contributed by atoms with Crippen LogP contribution in [-0.2, 0) is 6.61 Å². The van der Waals surface area contributed by atoms with Crippen LogP contribution in [0.1, 0.15) is 21.6 Å². The van der Waals surface area contributed by atoms with Gasteiger partial charge in [0.25, 0.3) is 5.91 Å². The second-order valence-electron chi connectivity index (χ2n) is 6.19. The van der Waals surface area contributed by atoms with Crippen molar-refractivity contribution in [2.24, 2.45) is 5.10 Å². The first kappa shape index (κ1) is 18.2. The number of ether oxygens (including phenoxy) is 1. The Balaban J connectivity index is 1.34. The molecule has 0 radical (unpaired) electrons. The molecule has 144 valence electrons. The number of hydrogen-bond acceptors (Lipinski definition) is 5. The summed E-state index contributed by atoms with van der Waals surface area (Å²) in [4.78, 5) is 12.2. The van der Waals surface area contributed by atoms with E-state index in [-0.39, 0.29) is 5.69 Å². The maximum absolute atomic E-state index is 12.2. The van der Waals surface area contributed by atoms with Gasteiger partial charge in [-0.05, 0) is 35.4 Å². The standard InChI is InChI=1S/C22H18N4O3/c27-22(20-13-19(24-25-20)21-10-5-11-28-21)26-23-14-17-8-4-9-18(12-17)29-15-16-6-2-1-3-7-16/h1-14H,15H2,(H,24,25)(H,26,27). The van der Waals surface area contributed by atoms with Crippen LogP contribution in [0.5, 0.6) is 5.75 Å². The van der Waals surface area contributed by atoms with Crippen LogP contribution in [0.2, 0.25) is 0 Å². The van der Waals surface area contributed by atoms with Crippen LogP contribution in [0.25, 0.3) is 11.5 Å². The van der Waals surface area contributed by atoms with Crippen LogP contribution in [0.4, 0.5) is 0 Å². The van der Waals surface area contributed by atoms with Crippen molar-refractivity contribution >= 4 is 12.1 Å². The van der Waals surface area contributed by atoms with E-state index in [2.05, 4.69) is 20.7 Å². The number of amides is 1. The summed E-state index contributed by atoms with van der Waals surface area (Å²) in [5, 5.41) is 10.7. The van der Waals surface area contributed by atoms with Crippen molar-refractivity contribution in [3.05, 3.63) is 95.9 Å². The Morgan fingerprint density at radius 3 is 2.83 bits per heavy atom. The van der Waals surface area contributed by atoms with E-state index in [0.717, 1.165) is 16.9 Å². The normalized spacial score (nSPS) is 10.9. The van der Waals surface area contributed by atoms with E-state index >= 15 is 0 Å². The average Bonchev–Trinajstić information content (AvgIpc) is 3.45. The molecular weight excluding hydrogens is 368 g/mol. The number of furan rings is 1. The predicted octanol–water partition coefficient (Wildman–Crippen LogP) is 4.01. The Bertz CT molecular complexity index is 1100. The van der Waals surface area contributed by atoms with Crippen LogP contribution in [0.3, 0.4) is 0 Å². The minimum absolute atomic E-state index is 0.216. The highest BCUT2D eigenvalue weighted by molar-refractivity contribution is 5.94. The average molecular weight is 386 g/mol. The minimum atomic E-state index is -0.424. The lowest BCUT2D eigenvalue weighted by atomic mass is 10.2. The van der Waals surface area contributed by atoms with Gasteiger partial charge in [-0.2, -0.15) is 10.2 Å². The molecule has 4 rings (SSSR count). The number of H-pyrrole nitrogens is 1. The number of aromatic nitrogens is 2. The van der Waals surface area contributed by atoms with Gasteiger partial charge in [0.1, 0.15) is 18.1 Å². The molecule has 0 aliphatic rings. The fourth-order valence-electron chi connectivity index (χ4n) is 2.64. The Morgan fingerprint density at radius 1 is 1.10 bits per heavy atom. The molecule has 0 spiro atoms. The lowest BCUT2D eigenvalue weighted by Crippen LogP contribution is -2.18. The molecule has 0 aliphatic heterocycles. The van der Waals surface area contributed by atoms with Crippen molar-refractivity contribution in [3.63, 3.8) is 0 Å². The summed E-state index contributed by atoms with van der Waals surface area (Å²) in [7, 11) is 0. The molecule has 2 aromatic heterocycles. The van der Waals surface area contributed by atoms with Gasteiger partial charge < -0.3 is 9.15 Å². The molecule has 7 nitrogen and oxygen atoms in total. The SMILES string of the molecule is O=C(NN=Cc1cccc(OCc2ccccc2)c1)c1cc(-c2ccco2)[nH]n1. The van der Waals surface area contributed by atoms with E-state index in [1.165, 1.54) is 0 Å². The van der Waals surface area contributed by atoms with Crippen molar-refractivity contribution in [2.45, 2.75) is 6.61 Å². The third kappa shape index (κ3) is 4.78. The molecule has 0 atom stereocenters. The first-order chi connectivity index (χ1) is 14.3. The van der Waals surface area contributed by atoms with Crippen LogP contribution >= 0.6 is 0 Å². The molecule has 0 saturated carbocycles. The summed E-state index contributed by atoms with van der Waals surface area (Å²) in [6.45, 7) is 0.481. The third-order valence-electron chi connectivity index (χ3n) is 4.08. The van der Waals surface area contributed by atoms with E-state index in [9.17, 15) is 4.79 Å². The van der Waals surface area contributed by atoms with Gasteiger partial charge in [0.15, 0.2) is 11.5 Å². The molecule has 1 amide bonds. The summed E-state index contributed by atoms with van der Waals surface area (Å²) in [6, 6.07) is 22.5. The number of aromatic amines is 1. The van der Waals surface area contributed by atoms with Gasteiger partial charge in [0, 0.05) is 6.07 Å². The van der Waals surface area contributed by atoms with E-state index < -0.39 is 5.91 Å². The number of carbonyl (C=O) groups excluding carboxylic acids is 1. The Hall–Kier alpha value is -4.13. The number of nitrogens with zero attached hydrogens (tertiary/aromatic N) is 2. The second-order valence-corrected chi connectivity index (χ2v) is 6.19. The highest BCUT2D eigenvalue weighted by Gasteiger charge is 2.11. The van der Waals surface area contributed by atoms with Crippen molar-refractivity contribution in [1.82, 2.24) is 15.6 Å². The highest BCUT2D eigenvalue weighted by Crippen LogP contribution is 2.18. The third-order valence-corrected chi connectivity index (χ3v) is 4.08. The zero-order valence-electron chi connectivity index (χ0n) is 15.4. The van der Waals surface area contributed by atoms with Gasteiger partial charge in [0.2, 0.25) is 0 Å². The van der Waals surface area contributed by atoms with E-state index in [1.807, 2.05) is 54.6 Å². The van der Waals surface area contributed by atoms with Crippen molar-refractivity contribution in [2.75, 3.05) is 0 Å². The monoisotopic (exact) mass is 386 g/mol. The highest BCUT2D eigenvalue weighted by atomic mass is 16.5. The summed E-state index contributed by atoms with van der Waals surface area (Å²) >= 11 is 0. The van der Waals surface area contributed by atoms with Gasteiger partial charge in [-0.3, -0.25) is 9.89 Å². The molecule has 7 heteroatoms. The molecule has 2 aromatic carbocycles. The number of hydrazone groups is 1. The quantitative estimate of drug-likeness (QED) is 0.371. The lowest BCUT2D eigenvalue weighted by molar-refractivity contribution is 0.0950. The summed E-state index contributed by atoms with van der Waals surface area (Å²) in [5.74, 6) is 0.902. The second kappa shape index (κ2) is 8.71. The molecule has 0 unspecified atom stereocenters. The number of nitrogens with one attached hydrogen (secondary N) is 2. The first-order valence-corrected chi connectivity index (χ1v) is 8.97. The zero-order chi connectivity index (χ0) is 19.9. The van der Waals surface area contributed by atoms with Gasteiger partial charge in [0.05, 0.1) is 12.5 Å². The Morgan fingerprint density at radius 2 is 2.00 bits per heavy atom. The molecule has 4 aromatic rings. The maximum atomic E-state index is 12.2. The summed E-state index contributed by atoms with van der Waals surface area (Å²) < 4.78 is 11.1. The molecule has 2 heterocycles. The lowest BCUT2D eigenvalue weighted by Gasteiger charge is -2.06. The van der Waals surface area contributed by atoms with Crippen LogP contribution in [0.15, 0.2) is 88.6 Å². The molecule has 29 heavy (non-hydrogen) atoms. The zero-order valence-corrected chi connectivity index (χ0v) is 15.4. The smallest absolute Gasteiger partial charge is 0.291 e. The van der Waals surface area contributed by atoms with Crippen molar-refractivity contribution in [3.8, 4) is 17.2 Å². The molecule has 2 N–H and O–H groups in total. The number of rotatable bonds is 7. The van der Waals surface area contributed by atoms with E-state index in [1.54, 1.807) is 30.7 Å². The van der Waals surface area contributed by atoms with Crippen LogP contribution in [-0.4, -0.2) is 22.3 Å². The van der Waals surface area contributed by atoms with Crippen LogP contribution in [0, 0.1) is 0 Å². The van der Waals surface area contributed by atoms with Gasteiger partial charge in [-0.15, -0.1) is 0 Å². The molecule has 0 saturated heterocycles. The number of carbonyl (C=O) groups is 1. The van der Waals surface area contributed by atoms with Crippen molar-refractivity contribution < 1.29 is 13.9 Å². The fraction of sp³-hybridized carbons (Fsp3) is 0.0455. The molecule has 0 bridgehead atoms.